The van der Waals surface area contributed by atoms with E-state index in [2.05, 4.69) is 21.2 Å². The summed E-state index contributed by atoms with van der Waals surface area (Å²) >= 11 is 3.44. The summed E-state index contributed by atoms with van der Waals surface area (Å²) < 4.78 is 11.5. The molecule has 23 heavy (non-hydrogen) atoms. The number of methoxy groups -OCH3 is 2. The summed E-state index contributed by atoms with van der Waals surface area (Å²) in [7, 11) is 3.17. The molecule has 0 saturated heterocycles. The van der Waals surface area contributed by atoms with Crippen molar-refractivity contribution in [1.29, 1.82) is 0 Å². The molecule has 1 N–H and O–H groups in total. The van der Waals surface area contributed by atoms with E-state index in [9.17, 15) is 4.79 Å². The fourth-order valence-electron chi connectivity index (χ4n) is 2.28. The SMILES string of the molecule is COc1cc(C)c(NC(=O)CCc2cccc(Br)c2)cc1OC. The summed E-state index contributed by atoms with van der Waals surface area (Å²) in [5.41, 5.74) is 2.79. The Balaban J connectivity index is 2.02. The number of aryl methyl sites for hydroxylation is 2. The molecule has 0 aliphatic rings. The van der Waals surface area contributed by atoms with Gasteiger partial charge in [-0.3, -0.25) is 4.79 Å². The topological polar surface area (TPSA) is 47.6 Å². The highest BCUT2D eigenvalue weighted by atomic mass is 79.9. The van der Waals surface area contributed by atoms with Gasteiger partial charge in [-0.05, 0) is 42.7 Å². The van der Waals surface area contributed by atoms with Gasteiger partial charge in [0.1, 0.15) is 0 Å². The van der Waals surface area contributed by atoms with Crippen LogP contribution < -0.4 is 14.8 Å². The van der Waals surface area contributed by atoms with Gasteiger partial charge in [0.15, 0.2) is 11.5 Å². The molecule has 122 valence electrons. The summed E-state index contributed by atoms with van der Waals surface area (Å²) in [6, 6.07) is 11.6. The second-order valence-electron chi connectivity index (χ2n) is 5.20. The van der Waals surface area contributed by atoms with E-state index >= 15 is 0 Å². The summed E-state index contributed by atoms with van der Waals surface area (Å²) in [6.45, 7) is 1.92. The molecule has 0 aromatic heterocycles. The highest BCUT2D eigenvalue weighted by Crippen LogP contribution is 2.32. The molecule has 0 saturated carbocycles. The molecule has 0 unspecified atom stereocenters. The smallest absolute Gasteiger partial charge is 0.224 e. The number of halogens is 1. The highest BCUT2D eigenvalue weighted by Gasteiger charge is 2.11. The van der Waals surface area contributed by atoms with Crippen molar-refractivity contribution in [2.24, 2.45) is 0 Å². The molecular weight excluding hydrogens is 358 g/mol. The van der Waals surface area contributed by atoms with Crippen molar-refractivity contribution in [1.82, 2.24) is 0 Å². The number of nitrogens with one attached hydrogen (secondary N) is 1. The molecule has 4 nitrogen and oxygen atoms in total. The second-order valence-corrected chi connectivity index (χ2v) is 6.12. The van der Waals surface area contributed by atoms with E-state index in [0.29, 0.717) is 24.3 Å². The molecule has 0 aliphatic heterocycles. The van der Waals surface area contributed by atoms with Crippen molar-refractivity contribution >= 4 is 27.5 Å². The lowest BCUT2D eigenvalue weighted by Gasteiger charge is -2.13. The molecular formula is C18H20BrNO3. The zero-order valence-corrected chi connectivity index (χ0v) is 15.1. The molecule has 2 aromatic rings. The minimum absolute atomic E-state index is 0.0275. The van der Waals surface area contributed by atoms with Crippen LogP contribution in [0.5, 0.6) is 11.5 Å². The first-order valence-corrected chi connectivity index (χ1v) is 8.09. The normalized spacial score (nSPS) is 10.3. The molecule has 2 rings (SSSR count). The minimum atomic E-state index is -0.0275. The Hall–Kier alpha value is -2.01. The summed E-state index contributed by atoms with van der Waals surface area (Å²) in [5.74, 6) is 1.22. The van der Waals surface area contributed by atoms with E-state index in [-0.39, 0.29) is 5.91 Å². The van der Waals surface area contributed by atoms with Crippen molar-refractivity contribution < 1.29 is 14.3 Å². The Labute approximate surface area is 144 Å². The number of carbonyl (C=O) groups excluding carboxylic acids is 1. The Morgan fingerprint density at radius 1 is 1.13 bits per heavy atom. The van der Waals surface area contributed by atoms with E-state index in [1.165, 1.54) is 0 Å². The second kappa shape index (κ2) is 8.02. The van der Waals surface area contributed by atoms with Crippen LogP contribution in [-0.2, 0) is 11.2 Å². The maximum absolute atomic E-state index is 12.2. The third-order valence-electron chi connectivity index (χ3n) is 3.53. The minimum Gasteiger partial charge on any atom is -0.493 e. The Kier molecular flexibility index (Phi) is 6.04. The molecule has 0 radical (unpaired) electrons. The Bertz CT molecular complexity index is 701. The number of amides is 1. The van der Waals surface area contributed by atoms with Crippen LogP contribution in [0.4, 0.5) is 5.69 Å². The molecule has 0 heterocycles. The van der Waals surface area contributed by atoms with Gasteiger partial charge in [-0.2, -0.15) is 0 Å². The fraction of sp³-hybridized carbons (Fsp3) is 0.278. The molecule has 1 amide bonds. The number of hydrogen-bond donors (Lipinski definition) is 1. The number of benzene rings is 2. The van der Waals surface area contributed by atoms with Gasteiger partial charge in [-0.15, -0.1) is 0 Å². The monoisotopic (exact) mass is 377 g/mol. The Morgan fingerprint density at radius 3 is 2.48 bits per heavy atom. The third kappa shape index (κ3) is 4.73. The van der Waals surface area contributed by atoms with Gasteiger partial charge in [0.05, 0.1) is 14.2 Å². The molecule has 0 fully saturated rings. The lowest BCUT2D eigenvalue weighted by molar-refractivity contribution is -0.116. The number of hydrogen-bond acceptors (Lipinski definition) is 3. The van der Waals surface area contributed by atoms with E-state index in [1.807, 2.05) is 37.3 Å². The number of ether oxygens (including phenoxy) is 2. The van der Waals surface area contributed by atoms with Gasteiger partial charge in [0.25, 0.3) is 0 Å². The van der Waals surface area contributed by atoms with Crippen LogP contribution in [0.15, 0.2) is 40.9 Å². The van der Waals surface area contributed by atoms with Crippen LogP contribution in [0.3, 0.4) is 0 Å². The lowest BCUT2D eigenvalue weighted by atomic mass is 10.1. The van der Waals surface area contributed by atoms with Crippen LogP contribution in [0, 0.1) is 6.92 Å². The first-order valence-electron chi connectivity index (χ1n) is 7.30. The molecule has 0 bridgehead atoms. The van der Waals surface area contributed by atoms with E-state index in [0.717, 1.165) is 21.3 Å². The third-order valence-corrected chi connectivity index (χ3v) is 4.03. The van der Waals surface area contributed by atoms with Gasteiger partial charge in [0.2, 0.25) is 5.91 Å². The maximum Gasteiger partial charge on any atom is 0.224 e. The molecule has 0 spiro atoms. The van der Waals surface area contributed by atoms with Crippen molar-refractivity contribution in [3.05, 3.63) is 52.0 Å². The first kappa shape index (κ1) is 17.3. The zero-order valence-electron chi connectivity index (χ0n) is 13.5. The van der Waals surface area contributed by atoms with Crippen LogP contribution in [0.1, 0.15) is 17.5 Å². The quantitative estimate of drug-likeness (QED) is 0.813. The fourth-order valence-corrected chi connectivity index (χ4v) is 2.72. The Morgan fingerprint density at radius 2 is 1.83 bits per heavy atom. The molecule has 0 aliphatic carbocycles. The predicted molar refractivity (Wildman–Crippen MR) is 95.4 cm³/mol. The maximum atomic E-state index is 12.2. The molecule has 2 aromatic carbocycles. The number of carbonyl (C=O) groups is 1. The van der Waals surface area contributed by atoms with Crippen molar-refractivity contribution in [3.8, 4) is 11.5 Å². The van der Waals surface area contributed by atoms with Crippen molar-refractivity contribution in [3.63, 3.8) is 0 Å². The standard InChI is InChI=1S/C18H20BrNO3/c1-12-9-16(22-2)17(23-3)11-15(12)20-18(21)8-7-13-5-4-6-14(19)10-13/h4-6,9-11H,7-8H2,1-3H3,(H,20,21). The summed E-state index contributed by atoms with van der Waals surface area (Å²) in [5, 5.41) is 2.93. The first-order chi connectivity index (χ1) is 11.0. The van der Waals surface area contributed by atoms with Gasteiger partial charge in [-0.1, -0.05) is 28.1 Å². The van der Waals surface area contributed by atoms with Crippen LogP contribution >= 0.6 is 15.9 Å². The predicted octanol–water partition coefficient (Wildman–Crippen LogP) is 4.35. The number of anilines is 1. The summed E-state index contributed by atoms with van der Waals surface area (Å²) in [6.07, 6.45) is 1.11. The van der Waals surface area contributed by atoms with Gasteiger partial charge >= 0.3 is 0 Å². The van der Waals surface area contributed by atoms with Crippen LogP contribution in [0.2, 0.25) is 0 Å². The van der Waals surface area contributed by atoms with Crippen LogP contribution in [-0.4, -0.2) is 20.1 Å². The van der Waals surface area contributed by atoms with E-state index < -0.39 is 0 Å². The largest absolute Gasteiger partial charge is 0.493 e. The van der Waals surface area contributed by atoms with Crippen LogP contribution in [0.25, 0.3) is 0 Å². The van der Waals surface area contributed by atoms with Gasteiger partial charge in [0, 0.05) is 22.6 Å². The summed E-state index contributed by atoms with van der Waals surface area (Å²) in [4.78, 5) is 12.2. The van der Waals surface area contributed by atoms with Gasteiger partial charge < -0.3 is 14.8 Å². The van der Waals surface area contributed by atoms with E-state index in [1.54, 1.807) is 20.3 Å². The molecule has 5 heteroatoms. The van der Waals surface area contributed by atoms with E-state index in [4.69, 9.17) is 9.47 Å². The zero-order chi connectivity index (χ0) is 16.8. The average Bonchev–Trinajstić information content (AvgIpc) is 2.54. The van der Waals surface area contributed by atoms with Crippen molar-refractivity contribution in [2.75, 3.05) is 19.5 Å². The average molecular weight is 378 g/mol. The van der Waals surface area contributed by atoms with Gasteiger partial charge in [-0.25, -0.2) is 0 Å². The highest BCUT2D eigenvalue weighted by molar-refractivity contribution is 9.10. The lowest BCUT2D eigenvalue weighted by Crippen LogP contribution is -2.13. The number of rotatable bonds is 6. The molecule has 0 atom stereocenters. The van der Waals surface area contributed by atoms with Crippen molar-refractivity contribution in [2.45, 2.75) is 19.8 Å².